The Morgan fingerprint density at radius 3 is 2.48 bits per heavy atom. The van der Waals surface area contributed by atoms with Crippen LogP contribution in [0.3, 0.4) is 0 Å². The monoisotopic (exact) mass is 377 g/mol. The molecule has 2 rings (SSSR count). The number of benzene rings is 1. The zero-order valence-corrected chi connectivity index (χ0v) is 15.3. The minimum atomic E-state index is -2.99. The van der Waals surface area contributed by atoms with E-state index in [4.69, 9.17) is 5.73 Å². The molecule has 0 aliphatic carbocycles. The summed E-state index contributed by atoms with van der Waals surface area (Å²) in [5, 5.41) is 0. The summed E-state index contributed by atoms with van der Waals surface area (Å²) in [6.07, 6.45) is 1.23. The molecule has 27 heavy (non-hydrogen) atoms. The van der Waals surface area contributed by atoms with E-state index in [0.717, 1.165) is 0 Å². The van der Waals surface area contributed by atoms with Gasteiger partial charge in [-0.25, -0.2) is 0 Å². The van der Waals surface area contributed by atoms with Crippen LogP contribution in [0.5, 0.6) is 5.75 Å². The van der Waals surface area contributed by atoms with E-state index in [1.165, 1.54) is 23.2 Å². The molecule has 0 atom stereocenters. The first-order valence-corrected chi connectivity index (χ1v) is 8.21. The maximum atomic E-state index is 13.0. The molecule has 0 saturated heterocycles. The molecule has 2 N–H and O–H groups in total. The fraction of sp³-hybridized carbons (Fsp3) is 0.316. The van der Waals surface area contributed by atoms with E-state index in [2.05, 4.69) is 9.72 Å². The number of anilines is 1. The smallest absolute Gasteiger partial charge is 0.387 e. The number of carbonyl (C=O) groups excluding carboxylic acids is 2. The number of rotatable bonds is 6. The minimum Gasteiger partial charge on any atom is -0.435 e. The second-order valence-electron chi connectivity index (χ2n) is 6.83. The first kappa shape index (κ1) is 20.3. The van der Waals surface area contributed by atoms with Gasteiger partial charge < -0.3 is 15.4 Å². The molecule has 8 heteroatoms. The van der Waals surface area contributed by atoms with Gasteiger partial charge in [0.2, 0.25) is 5.91 Å². The van der Waals surface area contributed by atoms with Gasteiger partial charge in [-0.3, -0.25) is 14.6 Å². The Hall–Kier alpha value is -3.03. The molecule has 0 fully saturated rings. The lowest BCUT2D eigenvalue weighted by atomic mass is 10.0. The number of halogens is 2. The van der Waals surface area contributed by atoms with Crippen molar-refractivity contribution in [1.29, 1.82) is 0 Å². The lowest BCUT2D eigenvalue weighted by Crippen LogP contribution is -2.47. The SMILES string of the molecule is CC(C)(C)N(C(=O)Cc1ccccc1OC(F)F)c1ccnc(C(N)=O)c1. The summed E-state index contributed by atoms with van der Waals surface area (Å²) in [5.41, 5.74) is 5.41. The van der Waals surface area contributed by atoms with Crippen molar-refractivity contribution in [3.8, 4) is 5.75 Å². The second-order valence-corrected chi connectivity index (χ2v) is 6.83. The van der Waals surface area contributed by atoms with Crippen molar-refractivity contribution < 1.29 is 23.1 Å². The Labute approximate surface area is 155 Å². The first-order valence-electron chi connectivity index (χ1n) is 8.21. The Kier molecular flexibility index (Phi) is 6.09. The first-order chi connectivity index (χ1) is 12.6. The molecule has 0 saturated carbocycles. The molecule has 1 heterocycles. The van der Waals surface area contributed by atoms with Gasteiger partial charge in [0.1, 0.15) is 11.4 Å². The van der Waals surface area contributed by atoms with E-state index in [9.17, 15) is 18.4 Å². The van der Waals surface area contributed by atoms with Crippen LogP contribution >= 0.6 is 0 Å². The molecule has 144 valence electrons. The maximum Gasteiger partial charge on any atom is 0.387 e. The van der Waals surface area contributed by atoms with E-state index in [1.807, 2.05) is 20.8 Å². The van der Waals surface area contributed by atoms with Crippen molar-refractivity contribution >= 4 is 17.5 Å². The third-order valence-corrected chi connectivity index (χ3v) is 3.70. The summed E-state index contributed by atoms with van der Waals surface area (Å²) in [7, 11) is 0. The Morgan fingerprint density at radius 2 is 1.89 bits per heavy atom. The number of hydrogen-bond acceptors (Lipinski definition) is 4. The molecule has 0 unspecified atom stereocenters. The van der Waals surface area contributed by atoms with Gasteiger partial charge in [-0.15, -0.1) is 0 Å². The van der Waals surface area contributed by atoms with Gasteiger partial charge in [0.25, 0.3) is 5.91 Å². The van der Waals surface area contributed by atoms with Gasteiger partial charge in [0, 0.05) is 23.0 Å². The van der Waals surface area contributed by atoms with Crippen LogP contribution in [0.1, 0.15) is 36.8 Å². The minimum absolute atomic E-state index is 0.0241. The number of ether oxygens (including phenoxy) is 1. The zero-order valence-electron chi connectivity index (χ0n) is 15.3. The Morgan fingerprint density at radius 1 is 1.22 bits per heavy atom. The number of pyridine rings is 1. The predicted octanol–water partition coefficient (Wildman–Crippen LogP) is 3.16. The summed E-state index contributed by atoms with van der Waals surface area (Å²) in [4.78, 5) is 29.8. The Balaban J connectivity index is 2.38. The van der Waals surface area contributed by atoms with Crippen molar-refractivity contribution in [2.24, 2.45) is 5.73 Å². The van der Waals surface area contributed by atoms with Gasteiger partial charge in [-0.05, 0) is 39.0 Å². The standard InChI is InChI=1S/C19H21F2N3O3/c1-19(2,3)24(13-8-9-23-14(11-13)17(22)26)16(25)10-12-6-4-5-7-15(12)27-18(20)21/h4-9,11,18H,10H2,1-3H3,(H2,22,26). The van der Waals surface area contributed by atoms with Crippen LogP contribution < -0.4 is 15.4 Å². The van der Waals surface area contributed by atoms with Crippen molar-refractivity contribution in [3.05, 3.63) is 53.9 Å². The quantitative estimate of drug-likeness (QED) is 0.838. The molecule has 0 bridgehead atoms. The Bertz CT molecular complexity index is 835. The molecule has 1 aromatic heterocycles. The number of amides is 2. The fourth-order valence-electron chi connectivity index (χ4n) is 2.70. The third-order valence-electron chi connectivity index (χ3n) is 3.70. The van der Waals surface area contributed by atoms with E-state index in [1.54, 1.807) is 24.3 Å². The van der Waals surface area contributed by atoms with Crippen molar-refractivity contribution in [2.75, 3.05) is 4.90 Å². The molecule has 0 aliphatic rings. The summed E-state index contributed by atoms with van der Waals surface area (Å²) in [5.74, 6) is -1.12. The molecule has 0 aliphatic heterocycles. The van der Waals surface area contributed by atoms with Crippen LogP contribution in [-0.4, -0.2) is 28.9 Å². The third kappa shape index (κ3) is 5.22. The summed E-state index contributed by atoms with van der Waals surface area (Å²) >= 11 is 0. The van der Waals surface area contributed by atoms with Crippen molar-refractivity contribution in [3.63, 3.8) is 0 Å². The highest BCUT2D eigenvalue weighted by Gasteiger charge is 2.29. The number of hydrogen-bond donors (Lipinski definition) is 1. The largest absolute Gasteiger partial charge is 0.435 e. The molecule has 6 nitrogen and oxygen atoms in total. The summed E-state index contributed by atoms with van der Waals surface area (Å²) in [6.45, 7) is 2.46. The van der Waals surface area contributed by atoms with Gasteiger partial charge in [0.05, 0.1) is 6.42 Å². The number of nitrogens with zero attached hydrogens (tertiary/aromatic N) is 2. The molecule has 0 radical (unpaired) electrons. The van der Waals surface area contributed by atoms with Crippen LogP contribution in [0, 0.1) is 0 Å². The number of carbonyl (C=O) groups is 2. The van der Waals surface area contributed by atoms with Crippen LogP contribution in [0.15, 0.2) is 42.6 Å². The summed E-state index contributed by atoms with van der Waals surface area (Å²) < 4.78 is 29.7. The molecular formula is C19H21F2N3O3. The van der Waals surface area contributed by atoms with Crippen LogP contribution in [-0.2, 0) is 11.2 Å². The van der Waals surface area contributed by atoms with Crippen LogP contribution in [0.25, 0.3) is 0 Å². The molecule has 2 aromatic rings. The predicted molar refractivity (Wildman–Crippen MR) is 96.8 cm³/mol. The molecule has 1 aromatic carbocycles. The average molecular weight is 377 g/mol. The van der Waals surface area contributed by atoms with E-state index >= 15 is 0 Å². The van der Waals surface area contributed by atoms with Crippen molar-refractivity contribution in [1.82, 2.24) is 4.98 Å². The molecule has 2 amide bonds. The summed E-state index contributed by atoms with van der Waals surface area (Å²) in [6, 6.07) is 9.13. The number of para-hydroxylation sites is 1. The number of nitrogens with two attached hydrogens (primary N) is 1. The van der Waals surface area contributed by atoms with E-state index in [-0.39, 0.29) is 23.8 Å². The fourth-order valence-corrected chi connectivity index (χ4v) is 2.70. The van der Waals surface area contributed by atoms with Gasteiger partial charge in [-0.2, -0.15) is 8.78 Å². The lowest BCUT2D eigenvalue weighted by molar-refractivity contribution is -0.119. The normalized spacial score (nSPS) is 11.3. The number of alkyl halides is 2. The molecular weight excluding hydrogens is 356 g/mol. The van der Waals surface area contributed by atoms with Gasteiger partial charge in [0.15, 0.2) is 0 Å². The highest BCUT2D eigenvalue weighted by molar-refractivity contribution is 5.98. The van der Waals surface area contributed by atoms with Gasteiger partial charge >= 0.3 is 6.61 Å². The zero-order chi connectivity index (χ0) is 20.2. The lowest BCUT2D eigenvalue weighted by Gasteiger charge is -2.36. The van der Waals surface area contributed by atoms with Gasteiger partial charge in [-0.1, -0.05) is 18.2 Å². The average Bonchev–Trinajstić information content (AvgIpc) is 2.55. The topological polar surface area (TPSA) is 85.5 Å². The van der Waals surface area contributed by atoms with Crippen molar-refractivity contribution in [2.45, 2.75) is 39.3 Å². The molecule has 0 spiro atoms. The maximum absolute atomic E-state index is 13.0. The van der Waals surface area contributed by atoms with Crippen LogP contribution in [0.2, 0.25) is 0 Å². The highest BCUT2D eigenvalue weighted by atomic mass is 19.3. The van der Waals surface area contributed by atoms with E-state index in [0.29, 0.717) is 11.3 Å². The number of aromatic nitrogens is 1. The second kappa shape index (κ2) is 8.11. The highest BCUT2D eigenvalue weighted by Crippen LogP contribution is 2.27. The number of primary amides is 1. The van der Waals surface area contributed by atoms with E-state index < -0.39 is 18.1 Å². The van der Waals surface area contributed by atoms with Crippen LogP contribution in [0.4, 0.5) is 14.5 Å².